The molecule has 1 aliphatic heterocycles. The van der Waals surface area contributed by atoms with E-state index in [4.69, 9.17) is 16.9 Å². The molecule has 2 rings (SSSR count). The molecule has 56 valence electrons. The Labute approximate surface area is 71.7 Å². The minimum Gasteiger partial charge on any atom is -0.378 e. The fourth-order valence-corrected chi connectivity index (χ4v) is 2.43. The molecule has 0 amide bonds. The zero-order valence-electron chi connectivity index (χ0n) is 5.65. The molecule has 2 nitrogen and oxygen atoms in total. The maximum atomic E-state index is 5.59. The van der Waals surface area contributed by atoms with E-state index in [2.05, 4.69) is 4.99 Å². The summed E-state index contributed by atoms with van der Waals surface area (Å²) in [6.45, 7) is 0. The normalized spacial score (nSPS) is 21.1. The average Bonchev–Trinajstić information content (AvgIpc) is 2.30. The van der Waals surface area contributed by atoms with Crippen LogP contribution in [-0.2, 0) is 20.6 Å². The van der Waals surface area contributed by atoms with Gasteiger partial charge in [-0.15, -0.1) is 0 Å². The number of rotatable bonds is 0. The minimum atomic E-state index is -0.381. The molecule has 0 fully saturated rings. The second kappa shape index (κ2) is 2.39. The van der Waals surface area contributed by atoms with Crippen LogP contribution < -0.4 is 5.73 Å². The van der Waals surface area contributed by atoms with E-state index in [1.165, 1.54) is 0 Å². The summed E-state index contributed by atoms with van der Waals surface area (Å²) in [5.41, 5.74) is 6.52. The van der Waals surface area contributed by atoms with E-state index in [0.717, 1.165) is 10.6 Å². The zero-order chi connectivity index (χ0) is 7.84. The predicted molar refractivity (Wildman–Crippen MR) is 50.7 cm³/mol. The van der Waals surface area contributed by atoms with Crippen molar-refractivity contribution in [3.05, 3.63) is 24.3 Å². The lowest BCUT2D eigenvalue weighted by Gasteiger charge is -1.94. The Kier molecular flexibility index (Phi) is 1.51. The van der Waals surface area contributed by atoms with Crippen LogP contribution in [0.1, 0.15) is 0 Å². The van der Waals surface area contributed by atoms with Crippen molar-refractivity contribution in [2.45, 2.75) is 4.90 Å². The number of para-hydroxylation sites is 1. The lowest BCUT2D eigenvalue weighted by molar-refractivity contribution is 1.40. The van der Waals surface area contributed by atoms with Crippen LogP contribution in [0.25, 0.3) is 0 Å². The first-order valence-electron chi connectivity index (χ1n) is 3.14. The molecule has 0 saturated carbocycles. The van der Waals surface area contributed by atoms with E-state index < -0.39 is 0 Å². The van der Waals surface area contributed by atoms with Gasteiger partial charge in [0.15, 0.2) is 5.17 Å². The summed E-state index contributed by atoms with van der Waals surface area (Å²) in [6, 6.07) is 7.81. The maximum absolute atomic E-state index is 5.59. The molecule has 1 aliphatic rings. The molecule has 0 aliphatic carbocycles. The van der Waals surface area contributed by atoms with Gasteiger partial charge in [0.25, 0.3) is 0 Å². The van der Waals surface area contributed by atoms with Crippen molar-refractivity contribution >= 4 is 31.5 Å². The van der Waals surface area contributed by atoms with Gasteiger partial charge in [0.1, 0.15) is 0 Å². The van der Waals surface area contributed by atoms with E-state index in [0.29, 0.717) is 5.17 Å². The summed E-state index contributed by atoms with van der Waals surface area (Å²) in [5.74, 6) is 0. The number of aliphatic imine (C=N–C) groups is 1. The van der Waals surface area contributed by atoms with Crippen molar-refractivity contribution in [3.63, 3.8) is 0 Å². The first-order chi connectivity index (χ1) is 5.29. The second-order valence-electron chi connectivity index (χ2n) is 2.19. The summed E-state index contributed by atoms with van der Waals surface area (Å²) in [5, 5.41) is 0.571. The van der Waals surface area contributed by atoms with E-state index in [9.17, 15) is 0 Å². The van der Waals surface area contributed by atoms with Crippen molar-refractivity contribution in [1.29, 1.82) is 0 Å². The van der Waals surface area contributed by atoms with E-state index in [-0.39, 0.29) is 9.45 Å². The molecule has 1 atom stereocenters. The Bertz CT molecular complexity index is 357. The third-order valence-electron chi connectivity index (χ3n) is 1.49. The van der Waals surface area contributed by atoms with Crippen LogP contribution >= 0.6 is 0 Å². The maximum Gasteiger partial charge on any atom is 0.168 e. The minimum absolute atomic E-state index is 0.381. The monoisotopic (exact) mass is 182 g/mol. The molecule has 1 heterocycles. The fourth-order valence-electron chi connectivity index (χ4n) is 0.979. The molecule has 0 radical (unpaired) electrons. The summed E-state index contributed by atoms with van der Waals surface area (Å²) in [6.07, 6.45) is 0. The zero-order valence-corrected chi connectivity index (χ0v) is 7.28. The number of benzene rings is 1. The average molecular weight is 182 g/mol. The molecule has 2 N–H and O–H groups in total. The van der Waals surface area contributed by atoms with Gasteiger partial charge in [0, 0.05) is 4.90 Å². The molecule has 1 aromatic carbocycles. The topological polar surface area (TPSA) is 38.4 Å². The van der Waals surface area contributed by atoms with Gasteiger partial charge in [-0.25, -0.2) is 4.99 Å². The number of amidine groups is 1. The van der Waals surface area contributed by atoms with Gasteiger partial charge in [-0.3, -0.25) is 0 Å². The number of hydrogen-bond donors (Lipinski definition) is 1. The van der Waals surface area contributed by atoms with E-state index >= 15 is 0 Å². The molecular formula is C7H6N2S2. The molecule has 0 aromatic heterocycles. The first kappa shape index (κ1) is 6.94. The van der Waals surface area contributed by atoms with Gasteiger partial charge in [-0.1, -0.05) is 12.1 Å². The first-order valence-corrected chi connectivity index (χ1v) is 5.29. The number of fused-ring (bicyclic) bond motifs is 1. The molecule has 0 spiro atoms. The predicted octanol–water partition coefficient (Wildman–Crippen LogP) is 1.09. The SMILES string of the molecule is NC1=Nc2ccccc2S1=S. The Hall–Kier alpha value is -0.740. The largest absolute Gasteiger partial charge is 0.378 e. The third kappa shape index (κ3) is 0.985. The number of nitrogens with zero attached hydrogens (tertiary/aromatic N) is 1. The van der Waals surface area contributed by atoms with E-state index in [1.807, 2.05) is 24.3 Å². The van der Waals surface area contributed by atoms with Gasteiger partial charge in [0.2, 0.25) is 0 Å². The number of hydrogen-bond acceptors (Lipinski definition) is 3. The van der Waals surface area contributed by atoms with Crippen LogP contribution in [0.3, 0.4) is 0 Å². The molecule has 0 saturated heterocycles. The van der Waals surface area contributed by atoms with Gasteiger partial charge < -0.3 is 5.73 Å². The van der Waals surface area contributed by atoms with Crippen molar-refractivity contribution in [2.75, 3.05) is 0 Å². The van der Waals surface area contributed by atoms with Gasteiger partial charge >= 0.3 is 0 Å². The van der Waals surface area contributed by atoms with Crippen LogP contribution in [0.5, 0.6) is 0 Å². The van der Waals surface area contributed by atoms with Crippen molar-refractivity contribution in [1.82, 2.24) is 0 Å². The molecule has 1 unspecified atom stereocenters. The summed E-state index contributed by atoms with van der Waals surface area (Å²) in [4.78, 5) is 5.22. The quantitative estimate of drug-likeness (QED) is 0.652. The summed E-state index contributed by atoms with van der Waals surface area (Å²) >= 11 is 5.15. The Morgan fingerprint density at radius 1 is 1.36 bits per heavy atom. The van der Waals surface area contributed by atoms with Gasteiger partial charge in [-0.05, 0) is 32.8 Å². The molecule has 1 aromatic rings. The Morgan fingerprint density at radius 2 is 2.09 bits per heavy atom. The van der Waals surface area contributed by atoms with Crippen molar-refractivity contribution < 1.29 is 0 Å². The highest BCUT2D eigenvalue weighted by Gasteiger charge is 2.15. The van der Waals surface area contributed by atoms with E-state index in [1.54, 1.807) is 0 Å². The highest BCUT2D eigenvalue weighted by atomic mass is 32.8. The van der Waals surface area contributed by atoms with Crippen LogP contribution in [0, 0.1) is 0 Å². The van der Waals surface area contributed by atoms with Crippen LogP contribution in [0.2, 0.25) is 0 Å². The third-order valence-corrected chi connectivity index (χ3v) is 3.75. The molecule has 0 bridgehead atoms. The van der Waals surface area contributed by atoms with Gasteiger partial charge in [-0.2, -0.15) is 0 Å². The van der Waals surface area contributed by atoms with Crippen molar-refractivity contribution in [2.24, 2.45) is 10.7 Å². The summed E-state index contributed by atoms with van der Waals surface area (Å²) in [7, 11) is -0.381. The van der Waals surface area contributed by atoms with Crippen LogP contribution in [0.4, 0.5) is 5.69 Å². The summed E-state index contributed by atoms with van der Waals surface area (Å²) < 4.78 is 0. The second-order valence-corrected chi connectivity index (χ2v) is 4.58. The standard InChI is InChI=1S/C7H6N2S2/c8-7-9-5-3-1-2-4-6(5)11(7)10/h1-4H,(H2,8,9). The highest BCUT2D eigenvalue weighted by molar-refractivity contribution is 8.37. The van der Waals surface area contributed by atoms with Crippen LogP contribution in [0.15, 0.2) is 34.2 Å². The van der Waals surface area contributed by atoms with Crippen molar-refractivity contribution in [3.8, 4) is 0 Å². The van der Waals surface area contributed by atoms with Crippen LogP contribution in [-0.4, -0.2) is 5.17 Å². The Morgan fingerprint density at radius 3 is 2.82 bits per heavy atom. The lowest BCUT2D eigenvalue weighted by Crippen LogP contribution is -2.12. The Balaban J connectivity index is 2.67. The van der Waals surface area contributed by atoms with Gasteiger partial charge in [0.05, 0.1) is 5.69 Å². The fraction of sp³-hybridized carbons (Fsp3) is 0. The molecule has 4 heteroatoms. The number of nitrogens with two attached hydrogens (primary N) is 1. The molecule has 11 heavy (non-hydrogen) atoms. The molecular weight excluding hydrogens is 176 g/mol. The smallest absolute Gasteiger partial charge is 0.168 e. The highest BCUT2D eigenvalue weighted by Crippen LogP contribution is 2.28. The lowest BCUT2D eigenvalue weighted by atomic mass is 10.3.